The Bertz CT molecular complexity index is 870. The molecule has 8 nitrogen and oxygen atoms in total. The number of hydrogen-bond acceptors (Lipinski definition) is 5. The zero-order chi connectivity index (χ0) is 19.6. The van der Waals surface area contributed by atoms with E-state index in [-0.39, 0.29) is 29.5 Å². The first-order valence-electron chi connectivity index (χ1n) is 8.07. The molecule has 0 spiro atoms. The van der Waals surface area contributed by atoms with Gasteiger partial charge >= 0.3 is 0 Å². The highest BCUT2D eigenvalue weighted by Gasteiger charge is 2.10. The molecule has 0 aliphatic carbocycles. The van der Waals surface area contributed by atoms with Crippen molar-refractivity contribution in [1.29, 1.82) is 0 Å². The van der Waals surface area contributed by atoms with Crippen molar-refractivity contribution in [2.45, 2.75) is 12.8 Å². The van der Waals surface area contributed by atoms with Crippen molar-refractivity contribution in [2.24, 2.45) is 5.10 Å². The Balaban J connectivity index is 1.73. The highest BCUT2D eigenvalue weighted by Crippen LogP contribution is 2.15. The second kappa shape index (κ2) is 10.0. The Morgan fingerprint density at radius 1 is 1.15 bits per heavy atom. The minimum atomic E-state index is -0.523. The van der Waals surface area contributed by atoms with Crippen LogP contribution < -0.4 is 10.7 Å². The summed E-state index contributed by atoms with van der Waals surface area (Å²) in [5.41, 5.74) is 2.86. The van der Waals surface area contributed by atoms with Crippen LogP contribution in [0.4, 0.5) is 5.69 Å². The summed E-state index contributed by atoms with van der Waals surface area (Å²) >= 11 is 5.94. The predicted octanol–water partition coefficient (Wildman–Crippen LogP) is 2.91. The normalized spacial score (nSPS) is 10.6. The van der Waals surface area contributed by atoms with E-state index in [1.54, 1.807) is 36.4 Å². The fourth-order valence-electron chi connectivity index (χ4n) is 2.18. The number of nitrogens with zero attached hydrogens (tertiary/aromatic N) is 2. The number of nitro groups is 1. The highest BCUT2D eigenvalue weighted by molar-refractivity contribution is 6.33. The van der Waals surface area contributed by atoms with Crippen LogP contribution in [0, 0.1) is 10.1 Å². The molecule has 9 heteroatoms. The average molecular weight is 389 g/mol. The molecule has 0 unspecified atom stereocenters. The SMILES string of the molecule is O=C(CCCNC(=O)c1ccccc1Cl)NN=Cc1ccccc1[N+](=O)[O-]. The lowest BCUT2D eigenvalue weighted by Gasteiger charge is -2.06. The lowest BCUT2D eigenvalue weighted by Crippen LogP contribution is -2.26. The zero-order valence-electron chi connectivity index (χ0n) is 14.2. The zero-order valence-corrected chi connectivity index (χ0v) is 15.0. The molecule has 0 aliphatic heterocycles. The minimum absolute atomic E-state index is 0.0993. The van der Waals surface area contributed by atoms with E-state index >= 15 is 0 Å². The van der Waals surface area contributed by atoms with Gasteiger partial charge in [-0.15, -0.1) is 0 Å². The average Bonchev–Trinajstić information content (AvgIpc) is 2.65. The summed E-state index contributed by atoms with van der Waals surface area (Å²) in [6, 6.07) is 12.7. The van der Waals surface area contributed by atoms with Gasteiger partial charge in [0.25, 0.3) is 11.6 Å². The molecule has 140 valence electrons. The first kappa shape index (κ1) is 20.1. The third-order valence-electron chi connectivity index (χ3n) is 3.51. The molecule has 0 saturated carbocycles. The Hall–Kier alpha value is -3.26. The summed E-state index contributed by atoms with van der Waals surface area (Å²) < 4.78 is 0. The summed E-state index contributed by atoms with van der Waals surface area (Å²) in [4.78, 5) is 34.0. The third-order valence-corrected chi connectivity index (χ3v) is 3.84. The summed E-state index contributed by atoms with van der Waals surface area (Å²) in [5, 5.41) is 17.6. The maximum Gasteiger partial charge on any atom is 0.278 e. The van der Waals surface area contributed by atoms with E-state index < -0.39 is 4.92 Å². The smallest absolute Gasteiger partial charge is 0.278 e. The molecule has 0 saturated heterocycles. The van der Waals surface area contributed by atoms with Crippen LogP contribution >= 0.6 is 11.6 Å². The number of hydrogen-bond donors (Lipinski definition) is 2. The fraction of sp³-hybridized carbons (Fsp3) is 0.167. The molecule has 2 N–H and O–H groups in total. The van der Waals surface area contributed by atoms with Crippen molar-refractivity contribution < 1.29 is 14.5 Å². The number of para-hydroxylation sites is 1. The van der Waals surface area contributed by atoms with Gasteiger partial charge < -0.3 is 5.32 Å². The number of halogens is 1. The van der Waals surface area contributed by atoms with Crippen molar-refractivity contribution in [3.8, 4) is 0 Å². The molecule has 27 heavy (non-hydrogen) atoms. The third kappa shape index (κ3) is 6.19. The number of hydrazone groups is 1. The second-order valence-corrected chi connectivity index (χ2v) is 5.86. The number of nitrogens with one attached hydrogen (secondary N) is 2. The summed E-state index contributed by atoms with van der Waals surface area (Å²) in [5.74, 6) is -0.674. The summed E-state index contributed by atoms with van der Waals surface area (Å²) in [6.45, 7) is 0.297. The molecule has 0 aromatic heterocycles. The Morgan fingerprint density at radius 2 is 1.85 bits per heavy atom. The van der Waals surface area contributed by atoms with E-state index in [4.69, 9.17) is 11.6 Å². The van der Waals surface area contributed by atoms with E-state index in [1.807, 2.05) is 0 Å². The summed E-state index contributed by atoms with van der Waals surface area (Å²) in [6.07, 6.45) is 1.76. The van der Waals surface area contributed by atoms with E-state index in [9.17, 15) is 19.7 Å². The Morgan fingerprint density at radius 3 is 2.59 bits per heavy atom. The molecule has 2 aromatic carbocycles. The molecular weight excluding hydrogens is 372 g/mol. The van der Waals surface area contributed by atoms with Gasteiger partial charge in [-0.1, -0.05) is 35.9 Å². The highest BCUT2D eigenvalue weighted by atomic mass is 35.5. The van der Waals surface area contributed by atoms with Crippen LogP contribution in [-0.4, -0.2) is 29.5 Å². The van der Waals surface area contributed by atoms with E-state index in [0.717, 1.165) is 0 Å². The van der Waals surface area contributed by atoms with Gasteiger partial charge in [0.05, 0.1) is 27.3 Å². The van der Waals surface area contributed by atoms with Crippen molar-refractivity contribution in [1.82, 2.24) is 10.7 Å². The first-order chi connectivity index (χ1) is 13.0. The Kier molecular flexibility index (Phi) is 7.45. The van der Waals surface area contributed by atoms with E-state index in [2.05, 4.69) is 15.8 Å². The topological polar surface area (TPSA) is 114 Å². The molecule has 0 bridgehead atoms. The maximum atomic E-state index is 12.0. The molecule has 0 fully saturated rings. The summed E-state index contributed by atoms with van der Waals surface area (Å²) in [7, 11) is 0. The first-order valence-corrected chi connectivity index (χ1v) is 8.45. The van der Waals surface area contributed by atoms with Gasteiger partial charge in [0.15, 0.2) is 0 Å². The number of rotatable bonds is 8. The molecule has 0 atom stereocenters. The van der Waals surface area contributed by atoms with Gasteiger partial charge in [-0.3, -0.25) is 19.7 Å². The van der Waals surface area contributed by atoms with Crippen molar-refractivity contribution in [3.63, 3.8) is 0 Å². The number of nitro benzene ring substituents is 1. The van der Waals surface area contributed by atoms with Crippen LogP contribution in [0.1, 0.15) is 28.8 Å². The molecule has 0 radical (unpaired) electrons. The van der Waals surface area contributed by atoms with Gasteiger partial charge in [-0.2, -0.15) is 5.10 Å². The molecule has 2 amide bonds. The van der Waals surface area contributed by atoms with Crippen LogP contribution in [0.15, 0.2) is 53.6 Å². The van der Waals surface area contributed by atoms with Crippen LogP contribution in [0.3, 0.4) is 0 Å². The number of amides is 2. The minimum Gasteiger partial charge on any atom is -0.352 e. The van der Waals surface area contributed by atoms with Crippen LogP contribution in [0.2, 0.25) is 5.02 Å². The molecule has 0 heterocycles. The van der Waals surface area contributed by atoms with E-state index in [1.165, 1.54) is 18.3 Å². The van der Waals surface area contributed by atoms with Gasteiger partial charge in [0, 0.05) is 19.0 Å². The number of benzene rings is 2. The van der Waals surface area contributed by atoms with Crippen molar-refractivity contribution in [2.75, 3.05) is 6.54 Å². The van der Waals surface area contributed by atoms with Gasteiger partial charge in [-0.05, 0) is 24.6 Å². The van der Waals surface area contributed by atoms with Gasteiger partial charge in [0.2, 0.25) is 5.91 Å². The van der Waals surface area contributed by atoms with Crippen molar-refractivity contribution in [3.05, 3.63) is 74.8 Å². The second-order valence-electron chi connectivity index (χ2n) is 5.45. The van der Waals surface area contributed by atoms with Crippen LogP contribution in [-0.2, 0) is 4.79 Å². The lowest BCUT2D eigenvalue weighted by atomic mass is 10.2. The maximum absolute atomic E-state index is 12.0. The van der Waals surface area contributed by atoms with Crippen LogP contribution in [0.5, 0.6) is 0 Å². The molecule has 0 aliphatic rings. The van der Waals surface area contributed by atoms with Gasteiger partial charge in [0.1, 0.15) is 0 Å². The standard InChI is InChI=1S/C18H17ClN4O4/c19-15-8-3-2-7-14(15)18(25)20-11-5-10-17(24)22-21-12-13-6-1-4-9-16(13)23(26)27/h1-4,6-9,12H,5,10-11H2,(H,20,25)(H,22,24). The largest absolute Gasteiger partial charge is 0.352 e. The van der Waals surface area contributed by atoms with Crippen LogP contribution in [0.25, 0.3) is 0 Å². The van der Waals surface area contributed by atoms with Gasteiger partial charge in [-0.25, -0.2) is 5.43 Å². The molecular formula is C18H17ClN4O4. The number of carbonyl (C=O) groups is 2. The fourth-order valence-corrected chi connectivity index (χ4v) is 2.41. The Labute approximate surface area is 160 Å². The molecule has 2 aromatic rings. The monoisotopic (exact) mass is 388 g/mol. The number of carbonyl (C=O) groups excluding carboxylic acids is 2. The quantitative estimate of drug-likeness (QED) is 0.313. The molecule has 2 rings (SSSR count). The van der Waals surface area contributed by atoms with E-state index in [0.29, 0.717) is 23.6 Å². The lowest BCUT2D eigenvalue weighted by molar-refractivity contribution is -0.385. The predicted molar refractivity (Wildman–Crippen MR) is 102 cm³/mol. The van der Waals surface area contributed by atoms with Crippen molar-refractivity contribution >= 4 is 35.3 Å².